The number of fused-ring (bicyclic) bond motifs is 9. The number of hydrogen-bond donors (Lipinski definition) is 0. The first-order valence-electron chi connectivity index (χ1n) is 15.5. The summed E-state index contributed by atoms with van der Waals surface area (Å²) in [4.78, 5) is 10.7. The Kier molecular flexibility index (Phi) is 5.80. The summed E-state index contributed by atoms with van der Waals surface area (Å²) in [5.41, 5.74) is 6.40. The average molecular weight is 592 g/mol. The van der Waals surface area contributed by atoms with Crippen molar-refractivity contribution in [2.24, 2.45) is 9.98 Å². The Bertz CT molecular complexity index is 2570. The van der Waals surface area contributed by atoms with Gasteiger partial charge in [0.1, 0.15) is 11.7 Å². The lowest BCUT2D eigenvalue weighted by Crippen LogP contribution is -2.16. The molecule has 0 radical (unpaired) electrons. The van der Waals surface area contributed by atoms with E-state index in [1.165, 1.54) is 10.8 Å². The molecule has 0 aliphatic carbocycles. The number of benzene rings is 6. The van der Waals surface area contributed by atoms with Gasteiger partial charge in [-0.15, -0.1) is 0 Å². The summed E-state index contributed by atoms with van der Waals surface area (Å²) < 4.78 is 6.54. The maximum Gasteiger partial charge on any atom is 0.238 e. The van der Waals surface area contributed by atoms with Crippen LogP contribution in [0.5, 0.6) is 0 Å². The molecule has 0 spiro atoms. The van der Waals surface area contributed by atoms with Crippen LogP contribution in [0.4, 0.5) is 0 Å². The van der Waals surface area contributed by atoms with Gasteiger partial charge in [-0.2, -0.15) is 9.98 Å². The third-order valence-electron chi connectivity index (χ3n) is 9.01. The summed E-state index contributed by atoms with van der Waals surface area (Å²) in [6.45, 7) is 6.62. The molecule has 0 atom stereocenters. The molecule has 3 aromatic heterocycles. The molecule has 0 saturated heterocycles. The molecule has 0 N–H and O–H groups in total. The summed E-state index contributed by atoms with van der Waals surface area (Å²) in [7, 11) is 0. The topological polar surface area (TPSA) is 39.5 Å². The summed E-state index contributed by atoms with van der Waals surface area (Å²) in [6, 6.07) is 50.8. The van der Waals surface area contributed by atoms with Crippen molar-refractivity contribution in [3.05, 3.63) is 152 Å². The van der Waals surface area contributed by atoms with Crippen molar-refractivity contribution in [3.63, 3.8) is 0 Å². The first-order chi connectivity index (χ1) is 22.7. The molecule has 0 fully saturated rings. The van der Waals surface area contributed by atoms with Crippen LogP contribution < -0.4 is 0 Å². The number of rotatable bonds is 2. The van der Waals surface area contributed by atoms with E-state index in [-0.39, 0.29) is 0 Å². The van der Waals surface area contributed by atoms with Crippen LogP contribution in [0.2, 0.25) is 0 Å². The van der Waals surface area contributed by atoms with Crippen molar-refractivity contribution in [2.45, 2.75) is 6.92 Å². The molecule has 0 amide bonds. The highest BCUT2D eigenvalue weighted by Crippen LogP contribution is 2.34. The lowest BCUT2D eigenvalue weighted by molar-refractivity contribution is 1.13. The van der Waals surface area contributed by atoms with Crippen LogP contribution in [0.3, 0.4) is 0 Å². The minimum atomic E-state index is 0.545. The minimum Gasteiger partial charge on any atom is -0.297 e. The molecule has 218 valence electrons. The van der Waals surface area contributed by atoms with Crippen molar-refractivity contribution in [1.29, 1.82) is 0 Å². The van der Waals surface area contributed by atoms with Gasteiger partial charge in [-0.1, -0.05) is 116 Å². The van der Waals surface area contributed by atoms with Gasteiger partial charge in [0, 0.05) is 32.3 Å². The van der Waals surface area contributed by atoms with Gasteiger partial charge >= 0.3 is 0 Å². The molecule has 46 heavy (non-hydrogen) atoms. The Morgan fingerprint density at radius 3 is 1.02 bits per heavy atom. The molecular formula is C41H29N5. The molecule has 9 aromatic rings. The smallest absolute Gasteiger partial charge is 0.238 e. The van der Waals surface area contributed by atoms with Gasteiger partial charge in [0.15, 0.2) is 0 Å². The molecule has 0 bridgehead atoms. The Morgan fingerprint density at radius 2 is 0.674 bits per heavy atom. The van der Waals surface area contributed by atoms with Crippen LogP contribution in [0.15, 0.2) is 162 Å². The standard InChI is InChI=1S/C41H29N5/c1-27(44-35-21-9-3-15-29(35)30-16-4-10-22-36(30)44)42-41(46-39-25-13-7-19-33(39)34-20-8-14-26-40(34)46)43-28(2)45-37-23-11-5-17-31(37)32-18-6-12-24-38(32)45/h3-26H,1H2,2H3/b42-41+,43-28+. The van der Waals surface area contributed by atoms with Crippen LogP contribution >= 0.6 is 0 Å². The van der Waals surface area contributed by atoms with E-state index in [1.54, 1.807) is 0 Å². The number of aromatic nitrogens is 3. The minimum absolute atomic E-state index is 0.545. The Hall–Kier alpha value is -6.20. The van der Waals surface area contributed by atoms with Gasteiger partial charge in [0.05, 0.1) is 33.1 Å². The molecular weight excluding hydrogens is 562 g/mol. The fourth-order valence-corrected chi connectivity index (χ4v) is 7.09. The highest BCUT2D eigenvalue weighted by Gasteiger charge is 2.19. The van der Waals surface area contributed by atoms with Gasteiger partial charge in [0.25, 0.3) is 0 Å². The molecule has 0 unspecified atom stereocenters. The maximum absolute atomic E-state index is 5.39. The molecule has 0 saturated carbocycles. The molecule has 5 nitrogen and oxygen atoms in total. The van der Waals surface area contributed by atoms with Crippen molar-refractivity contribution < 1.29 is 0 Å². The van der Waals surface area contributed by atoms with E-state index >= 15 is 0 Å². The second kappa shape index (κ2) is 10.2. The third-order valence-corrected chi connectivity index (χ3v) is 9.01. The maximum atomic E-state index is 5.39. The van der Waals surface area contributed by atoms with Gasteiger partial charge in [-0.3, -0.25) is 13.7 Å². The second-order valence-electron chi connectivity index (χ2n) is 11.6. The van der Waals surface area contributed by atoms with E-state index in [4.69, 9.17) is 9.98 Å². The van der Waals surface area contributed by atoms with E-state index in [1.807, 2.05) is 0 Å². The normalized spacial score (nSPS) is 12.8. The van der Waals surface area contributed by atoms with Crippen LogP contribution in [0.1, 0.15) is 6.92 Å². The summed E-state index contributed by atoms with van der Waals surface area (Å²) in [5, 5.41) is 7.02. The van der Waals surface area contributed by atoms with Crippen LogP contribution in [-0.2, 0) is 0 Å². The second-order valence-corrected chi connectivity index (χ2v) is 11.6. The summed E-state index contributed by atoms with van der Waals surface area (Å²) in [5.74, 6) is 1.95. The third kappa shape index (κ3) is 3.82. The van der Waals surface area contributed by atoms with E-state index in [0.29, 0.717) is 11.8 Å². The highest BCUT2D eigenvalue weighted by atomic mass is 15.3. The first kappa shape index (κ1) is 26.2. The highest BCUT2D eigenvalue weighted by molar-refractivity contribution is 6.18. The number of para-hydroxylation sites is 6. The zero-order valence-electron chi connectivity index (χ0n) is 25.3. The summed E-state index contributed by atoms with van der Waals surface area (Å²) in [6.07, 6.45) is 0. The number of hydrogen-bond acceptors (Lipinski definition) is 1. The SMILES string of the molecule is C=C(/N=C(\N=C(/C)n1c2ccccc2c2ccccc21)n1c2ccccc2c2ccccc21)n1c2ccccc2c2ccccc21. The fraction of sp³-hybridized carbons (Fsp3) is 0.0244. The Labute approximate surface area is 265 Å². The van der Waals surface area contributed by atoms with Crippen molar-refractivity contribution in [2.75, 3.05) is 0 Å². The lowest BCUT2D eigenvalue weighted by Gasteiger charge is -2.13. The lowest BCUT2D eigenvalue weighted by atomic mass is 10.2. The van der Waals surface area contributed by atoms with Crippen LogP contribution in [0.25, 0.3) is 71.2 Å². The van der Waals surface area contributed by atoms with E-state index in [2.05, 4.69) is 173 Å². The zero-order valence-corrected chi connectivity index (χ0v) is 25.3. The Morgan fingerprint density at radius 1 is 0.391 bits per heavy atom. The quantitative estimate of drug-likeness (QED) is 0.142. The fourth-order valence-electron chi connectivity index (χ4n) is 7.09. The predicted molar refractivity (Wildman–Crippen MR) is 195 cm³/mol. The van der Waals surface area contributed by atoms with Gasteiger partial charge in [-0.05, 0) is 43.3 Å². The van der Waals surface area contributed by atoms with Crippen molar-refractivity contribution >= 4 is 83.0 Å². The van der Waals surface area contributed by atoms with Gasteiger partial charge in [-0.25, -0.2) is 0 Å². The van der Waals surface area contributed by atoms with Crippen LogP contribution in [0, 0.1) is 0 Å². The Balaban J connectivity index is 1.35. The van der Waals surface area contributed by atoms with Gasteiger partial charge < -0.3 is 0 Å². The van der Waals surface area contributed by atoms with Crippen molar-refractivity contribution in [1.82, 2.24) is 13.7 Å². The average Bonchev–Trinajstić information content (AvgIpc) is 3.74. The van der Waals surface area contributed by atoms with E-state index < -0.39 is 0 Å². The molecule has 5 heteroatoms. The van der Waals surface area contributed by atoms with Crippen LogP contribution in [-0.4, -0.2) is 25.5 Å². The first-order valence-corrected chi connectivity index (χ1v) is 15.5. The monoisotopic (exact) mass is 591 g/mol. The molecule has 0 aliphatic rings. The van der Waals surface area contributed by atoms with E-state index in [0.717, 1.165) is 60.5 Å². The van der Waals surface area contributed by atoms with E-state index in [9.17, 15) is 0 Å². The number of aliphatic imine (C=N–C) groups is 2. The van der Waals surface area contributed by atoms with Crippen molar-refractivity contribution in [3.8, 4) is 0 Å². The molecule has 3 heterocycles. The molecule has 6 aromatic carbocycles. The van der Waals surface area contributed by atoms with Gasteiger partial charge in [0.2, 0.25) is 5.96 Å². The zero-order chi connectivity index (χ0) is 30.8. The largest absolute Gasteiger partial charge is 0.297 e. The summed E-state index contributed by atoms with van der Waals surface area (Å²) >= 11 is 0. The molecule has 9 rings (SSSR count). The predicted octanol–water partition coefficient (Wildman–Crippen LogP) is 10.3. The number of nitrogens with zero attached hydrogens (tertiary/aromatic N) is 5. The molecule has 0 aliphatic heterocycles.